The number of likely N-dealkylation sites (tertiary alicyclic amines) is 1. The summed E-state index contributed by atoms with van der Waals surface area (Å²) in [5.74, 6) is -1.23. The predicted octanol–water partition coefficient (Wildman–Crippen LogP) is 3.59. The highest BCUT2D eigenvalue weighted by Crippen LogP contribution is 2.26. The zero-order chi connectivity index (χ0) is 18.4. The van der Waals surface area contributed by atoms with Crippen molar-refractivity contribution in [1.29, 1.82) is 5.26 Å². The fourth-order valence-corrected chi connectivity index (χ4v) is 2.86. The van der Waals surface area contributed by atoms with Gasteiger partial charge in [-0.1, -0.05) is 23.7 Å². The van der Waals surface area contributed by atoms with Gasteiger partial charge >= 0.3 is 12.1 Å². The van der Waals surface area contributed by atoms with Crippen LogP contribution in [0.4, 0.5) is 13.2 Å². The average Bonchev–Trinajstić information content (AvgIpc) is 2.56. The minimum absolute atomic E-state index is 0.259. The van der Waals surface area contributed by atoms with Gasteiger partial charge in [-0.15, -0.1) is 0 Å². The summed E-state index contributed by atoms with van der Waals surface area (Å²) < 4.78 is 44.4. The van der Waals surface area contributed by atoms with E-state index in [1.54, 1.807) is 24.3 Å². The van der Waals surface area contributed by atoms with Crippen LogP contribution in [0.5, 0.6) is 0 Å². The topological polar surface area (TPSA) is 53.3 Å². The molecule has 0 saturated carbocycles. The Morgan fingerprint density at radius 1 is 1.40 bits per heavy atom. The maximum atomic E-state index is 13.2. The Bertz CT molecular complexity index is 628. The monoisotopic (exact) mass is 374 g/mol. The molecule has 0 radical (unpaired) electrons. The zero-order valence-electron chi connectivity index (χ0n) is 13.4. The highest BCUT2D eigenvalue weighted by molar-refractivity contribution is 6.30. The van der Waals surface area contributed by atoms with Crippen molar-refractivity contribution in [3.63, 3.8) is 0 Å². The average molecular weight is 375 g/mol. The van der Waals surface area contributed by atoms with E-state index in [4.69, 9.17) is 21.6 Å². The number of benzene rings is 1. The molecule has 0 bridgehead atoms. The summed E-state index contributed by atoms with van der Waals surface area (Å²) in [5.41, 5.74) is 0.526. The van der Waals surface area contributed by atoms with E-state index >= 15 is 0 Å². The Labute approximate surface area is 149 Å². The van der Waals surface area contributed by atoms with Gasteiger partial charge in [0.1, 0.15) is 0 Å². The first-order valence-electron chi connectivity index (χ1n) is 7.90. The number of esters is 1. The number of hydrogen-bond acceptors (Lipinski definition) is 4. The normalized spacial score (nSPS) is 19.9. The molecular formula is C17H18ClF3N2O2. The third-order valence-electron chi connectivity index (χ3n) is 4.01. The van der Waals surface area contributed by atoms with Gasteiger partial charge < -0.3 is 4.74 Å². The number of rotatable bonds is 5. The highest BCUT2D eigenvalue weighted by atomic mass is 35.5. The second kappa shape index (κ2) is 8.54. The Morgan fingerprint density at radius 2 is 2.08 bits per heavy atom. The molecule has 1 aliphatic rings. The Kier molecular flexibility index (Phi) is 6.68. The van der Waals surface area contributed by atoms with Gasteiger partial charge in [-0.3, -0.25) is 9.69 Å². The number of nitriles is 1. The molecule has 1 heterocycles. The first-order valence-corrected chi connectivity index (χ1v) is 8.28. The lowest BCUT2D eigenvalue weighted by atomic mass is 9.99. The van der Waals surface area contributed by atoms with Crippen molar-refractivity contribution in [1.82, 2.24) is 4.90 Å². The largest absolute Gasteiger partial charge is 0.451 e. The number of carbonyl (C=O) groups excluding carboxylic acids is 1. The van der Waals surface area contributed by atoms with E-state index in [2.05, 4.69) is 6.07 Å². The minimum Gasteiger partial charge on any atom is -0.451 e. The van der Waals surface area contributed by atoms with Crippen LogP contribution >= 0.6 is 11.6 Å². The lowest BCUT2D eigenvalue weighted by Crippen LogP contribution is -2.47. The Hall–Kier alpha value is -1.78. The van der Waals surface area contributed by atoms with E-state index in [1.165, 1.54) is 4.90 Å². The smallest absolute Gasteiger partial charge is 0.426 e. The lowest BCUT2D eigenvalue weighted by molar-refractivity contribution is -0.225. The van der Waals surface area contributed by atoms with Crippen LogP contribution in [0.2, 0.25) is 5.02 Å². The van der Waals surface area contributed by atoms with E-state index < -0.39 is 24.8 Å². The van der Waals surface area contributed by atoms with Crippen LogP contribution in [-0.2, 0) is 16.0 Å². The van der Waals surface area contributed by atoms with Gasteiger partial charge in [-0.2, -0.15) is 18.4 Å². The number of hydrogen-bond donors (Lipinski definition) is 0. The Morgan fingerprint density at radius 3 is 2.68 bits per heavy atom. The SMILES string of the molecule is N#CC1CCCN(CC(OC(=O)Cc2ccc(Cl)cc2)C(F)(F)F)C1. The summed E-state index contributed by atoms with van der Waals surface area (Å²) in [6.07, 6.45) is -5.79. The molecule has 2 atom stereocenters. The van der Waals surface area contributed by atoms with Crippen LogP contribution in [0.25, 0.3) is 0 Å². The van der Waals surface area contributed by atoms with Crippen molar-refractivity contribution in [2.75, 3.05) is 19.6 Å². The number of piperidine rings is 1. The molecule has 0 N–H and O–H groups in total. The minimum atomic E-state index is -4.66. The summed E-state index contributed by atoms with van der Waals surface area (Å²) in [6, 6.07) is 8.32. The quantitative estimate of drug-likeness (QED) is 0.739. The van der Waals surface area contributed by atoms with Gasteiger partial charge in [0.15, 0.2) is 0 Å². The van der Waals surface area contributed by atoms with E-state index in [9.17, 15) is 18.0 Å². The van der Waals surface area contributed by atoms with Crippen molar-refractivity contribution in [2.24, 2.45) is 5.92 Å². The first-order chi connectivity index (χ1) is 11.8. The first kappa shape index (κ1) is 19.5. The molecule has 0 aromatic heterocycles. The summed E-state index contributed by atoms with van der Waals surface area (Å²) >= 11 is 5.73. The van der Waals surface area contributed by atoms with E-state index in [0.29, 0.717) is 30.0 Å². The van der Waals surface area contributed by atoms with Crippen molar-refractivity contribution >= 4 is 17.6 Å². The van der Waals surface area contributed by atoms with Crippen LogP contribution in [0, 0.1) is 17.2 Å². The molecule has 136 valence electrons. The molecule has 2 unspecified atom stereocenters. The van der Waals surface area contributed by atoms with Crippen LogP contribution < -0.4 is 0 Å². The maximum Gasteiger partial charge on any atom is 0.426 e. The number of alkyl halides is 3. The molecule has 0 aliphatic carbocycles. The maximum absolute atomic E-state index is 13.2. The van der Waals surface area contributed by atoms with Gasteiger partial charge in [-0.25, -0.2) is 0 Å². The van der Waals surface area contributed by atoms with Gasteiger partial charge in [-0.05, 0) is 37.1 Å². The summed E-state index contributed by atoms with van der Waals surface area (Å²) in [4.78, 5) is 13.4. The molecule has 8 heteroatoms. The third kappa shape index (κ3) is 6.22. The van der Waals surface area contributed by atoms with Crippen molar-refractivity contribution in [3.8, 4) is 6.07 Å². The van der Waals surface area contributed by atoms with Crippen molar-refractivity contribution in [2.45, 2.75) is 31.5 Å². The van der Waals surface area contributed by atoms with Crippen LogP contribution in [-0.4, -0.2) is 42.8 Å². The molecule has 2 rings (SSSR count). The Balaban J connectivity index is 1.96. The molecule has 1 aromatic carbocycles. The second-order valence-corrected chi connectivity index (χ2v) is 6.49. The molecule has 0 spiro atoms. The molecule has 1 saturated heterocycles. The lowest BCUT2D eigenvalue weighted by Gasteiger charge is -2.32. The molecule has 1 aliphatic heterocycles. The van der Waals surface area contributed by atoms with Gasteiger partial charge in [0.25, 0.3) is 0 Å². The fraction of sp³-hybridized carbons (Fsp3) is 0.529. The van der Waals surface area contributed by atoms with Gasteiger partial charge in [0, 0.05) is 18.1 Å². The van der Waals surface area contributed by atoms with E-state index in [1.807, 2.05) is 0 Å². The molecule has 4 nitrogen and oxygen atoms in total. The number of ether oxygens (including phenoxy) is 1. The van der Waals surface area contributed by atoms with Crippen molar-refractivity contribution < 1.29 is 22.7 Å². The number of carbonyl (C=O) groups is 1. The van der Waals surface area contributed by atoms with Crippen LogP contribution in [0.1, 0.15) is 18.4 Å². The molecule has 25 heavy (non-hydrogen) atoms. The standard InChI is InChI=1S/C17H18ClF3N2O2/c18-14-5-3-12(4-6-14)8-16(24)25-15(17(19,20)21)11-23-7-1-2-13(9-22)10-23/h3-6,13,15H,1-2,7-8,10-11H2. The summed E-state index contributed by atoms with van der Waals surface area (Å²) in [5, 5.41) is 9.41. The summed E-state index contributed by atoms with van der Waals surface area (Å²) in [7, 11) is 0. The van der Waals surface area contributed by atoms with Crippen LogP contribution in [0.3, 0.4) is 0 Å². The highest BCUT2D eigenvalue weighted by Gasteiger charge is 2.44. The third-order valence-corrected chi connectivity index (χ3v) is 4.26. The molecule has 0 amide bonds. The van der Waals surface area contributed by atoms with Gasteiger partial charge in [0.05, 0.1) is 18.4 Å². The summed E-state index contributed by atoms with van der Waals surface area (Å²) in [6.45, 7) is 0.269. The van der Waals surface area contributed by atoms with Crippen molar-refractivity contribution in [3.05, 3.63) is 34.9 Å². The molecular weight excluding hydrogens is 357 g/mol. The van der Waals surface area contributed by atoms with E-state index in [-0.39, 0.29) is 18.9 Å². The predicted molar refractivity (Wildman–Crippen MR) is 85.9 cm³/mol. The fourth-order valence-electron chi connectivity index (χ4n) is 2.74. The van der Waals surface area contributed by atoms with Crippen LogP contribution in [0.15, 0.2) is 24.3 Å². The van der Waals surface area contributed by atoms with E-state index in [0.717, 1.165) is 0 Å². The number of nitrogens with zero attached hydrogens (tertiary/aromatic N) is 2. The van der Waals surface area contributed by atoms with Gasteiger partial charge in [0.2, 0.25) is 6.10 Å². The zero-order valence-corrected chi connectivity index (χ0v) is 14.2. The number of halogens is 4. The molecule has 1 aromatic rings. The second-order valence-electron chi connectivity index (χ2n) is 6.05. The molecule has 1 fully saturated rings.